The van der Waals surface area contributed by atoms with Gasteiger partial charge in [-0.25, -0.2) is 0 Å². The van der Waals surface area contributed by atoms with Gasteiger partial charge in [0.1, 0.15) is 0 Å². The molecule has 0 radical (unpaired) electrons. The summed E-state index contributed by atoms with van der Waals surface area (Å²) in [4.78, 5) is 0. The summed E-state index contributed by atoms with van der Waals surface area (Å²) in [5.74, 6) is 0.659. The van der Waals surface area contributed by atoms with Crippen molar-refractivity contribution in [1.29, 1.82) is 0 Å². The van der Waals surface area contributed by atoms with Gasteiger partial charge in [-0.15, -0.1) is 11.6 Å². The van der Waals surface area contributed by atoms with Gasteiger partial charge in [-0.3, -0.25) is 0 Å². The van der Waals surface area contributed by atoms with Crippen LogP contribution in [0.1, 0.15) is 30.4 Å². The van der Waals surface area contributed by atoms with E-state index in [9.17, 15) is 4.57 Å². The number of rotatable bonds is 6. The Labute approximate surface area is 166 Å². The fourth-order valence-electron chi connectivity index (χ4n) is 3.95. The zero-order valence-corrected chi connectivity index (χ0v) is 16.8. The van der Waals surface area contributed by atoms with E-state index in [0.29, 0.717) is 5.88 Å². The third-order valence-corrected chi connectivity index (χ3v) is 8.67. The SMILES string of the molecule is O=P1(c2ccccc2)C(c2ccccc2)=C(CCCCCl)c2ccccc21. The molecule has 1 heterocycles. The van der Waals surface area contributed by atoms with E-state index < -0.39 is 7.14 Å². The minimum atomic E-state index is -2.90. The first-order valence-corrected chi connectivity index (χ1v) is 11.6. The smallest absolute Gasteiger partial charge is 0.172 e. The molecule has 0 spiro atoms. The van der Waals surface area contributed by atoms with Crippen molar-refractivity contribution in [3.05, 3.63) is 96.1 Å². The van der Waals surface area contributed by atoms with E-state index in [1.807, 2.05) is 66.7 Å². The molecule has 0 N–H and O–H groups in total. The van der Waals surface area contributed by atoms with Crippen LogP contribution in [0.25, 0.3) is 10.9 Å². The summed E-state index contributed by atoms with van der Waals surface area (Å²) in [5, 5.41) is 2.88. The van der Waals surface area contributed by atoms with Crippen molar-refractivity contribution in [2.24, 2.45) is 0 Å². The average Bonchev–Trinajstić information content (AvgIpc) is 2.99. The second-order valence-electron chi connectivity index (χ2n) is 6.80. The van der Waals surface area contributed by atoms with E-state index >= 15 is 0 Å². The summed E-state index contributed by atoms with van der Waals surface area (Å²) >= 11 is 5.92. The molecule has 0 saturated carbocycles. The molecule has 1 unspecified atom stereocenters. The topological polar surface area (TPSA) is 17.1 Å². The van der Waals surface area contributed by atoms with Gasteiger partial charge in [-0.2, -0.15) is 0 Å². The van der Waals surface area contributed by atoms with Gasteiger partial charge in [0, 0.05) is 21.8 Å². The molecule has 1 nitrogen and oxygen atoms in total. The molecule has 3 heteroatoms. The summed E-state index contributed by atoms with van der Waals surface area (Å²) in [6, 6.07) is 28.4. The molecular weight excluding hydrogens is 371 g/mol. The first kappa shape index (κ1) is 18.3. The van der Waals surface area contributed by atoms with Gasteiger partial charge in [0.25, 0.3) is 0 Å². The summed E-state index contributed by atoms with van der Waals surface area (Å²) in [6.07, 6.45) is 2.86. The average molecular weight is 393 g/mol. The van der Waals surface area contributed by atoms with E-state index in [-0.39, 0.29) is 0 Å². The Morgan fingerprint density at radius 2 is 1.37 bits per heavy atom. The van der Waals surface area contributed by atoms with Crippen LogP contribution in [-0.4, -0.2) is 5.88 Å². The summed E-state index contributed by atoms with van der Waals surface area (Å²) < 4.78 is 14.7. The third kappa shape index (κ3) is 3.20. The van der Waals surface area contributed by atoms with Gasteiger partial charge < -0.3 is 4.57 Å². The van der Waals surface area contributed by atoms with E-state index in [1.165, 1.54) is 5.57 Å². The van der Waals surface area contributed by atoms with E-state index in [0.717, 1.165) is 46.3 Å². The normalized spacial score (nSPS) is 18.6. The second kappa shape index (κ2) is 7.89. The van der Waals surface area contributed by atoms with Gasteiger partial charge in [-0.1, -0.05) is 84.9 Å². The number of allylic oxidation sites excluding steroid dienone is 1. The summed E-state index contributed by atoms with van der Waals surface area (Å²) in [6.45, 7) is 0. The van der Waals surface area contributed by atoms with Crippen molar-refractivity contribution in [3.63, 3.8) is 0 Å². The maximum atomic E-state index is 14.7. The molecule has 0 bridgehead atoms. The van der Waals surface area contributed by atoms with Crippen LogP contribution in [0.2, 0.25) is 0 Å². The van der Waals surface area contributed by atoms with Crippen LogP contribution in [0, 0.1) is 0 Å². The number of unbranched alkanes of at least 4 members (excludes halogenated alkanes) is 1. The first-order valence-electron chi connectivity index (χ1n) is 9.37. The molecule has 1 aliphatic heterocycles. The molecule has 1 aliphatic rings. The number of alkyl halides is 1. The lowest BCUT2D eigenvalue weighted by molar-refractivity contribution is 0.593. The van der Waals surface area contributed by atoms with Crippen molar-refractivity contribution in [1.82, 2.24) is 0 Å². The van der Waals surface area contributed by atoms with Crippen LogP contribution >= 0.6 is 18.7 Å². The quantitative estimate of drug-likeness (QED) is 0.273. The molecular formula is C24H22ClOP. The Kier molecular flexibility index (Phi) is 5.34. The van der Waals surface area contributed by atoms with Crippen molar-refractivity contribution < 1.29 is 4.57 Å². The highest BCUT2D eigenvalue weighted by Crippen LogP contribution is 2.64. The molecule has 0 fully saturated rings. The molecule has 0 aliphatic carbocycles. The number of fused-ring (bicyclic) bond motifs is 1. The summed E-state index contributed by atoms with van der Waals surface area (Å²) in [5.41, 5.74) is 3.41. The van der Waals surface area contributed by atoms with Gasteiger partial charge in [0.05, 0.1) is 0 Å². The fraction of sp³-hybridized carbons (Fsp3) is 0.167. The van der Waals surface area contributed by atoms with E-state index in [4.69, 9.17) is 11.6 Å². The van der Waals surface area contributed by atoms with Crippen LogP contribution in [0.3, 0.4) is 0 Å². The highest BCUT2D eigenvalue weighted by Gasteiger charge is 2.42. The van der Waals surface area contributed by atoms with E-state index in [1.54, 1.807) is 0 Å². The molecule has 0 aromatic heterocycles. The molecule has 136 valence electrons. The predicted octanol–water partition coefficient (Wildman–Crippen LogP) is 6.29. The molecule has 1 atom stereocenters. The van der Waals surface area contributed by atoms with Crippen molar-refractivity contribution in [3.8, 4) is 0 Å². The lowest BCUT2D eigenvalue weighted by atomic mass is 9.98. The minimum Gasteiger partial charge on any atom is -0.309 e. The number of hydrogen-bond donors (Lipinski definition) is 0. The molecule has 0 amide bonds. The summed E-state index contributed by atoms with van der Waals surface area (Å²) in [7, 11) is -2.90. The predicted molar refractivity (Wildman–Crippen MR) is 118 cm³/mol. The third-order valence-electron chi connectivity index (χ3n) is 5.15. The maximum absolute atomic E-state index is 14.7. The van der Waals surface area contributed by atoms with Crippen LogP contribution in [0.15, 0.2) is 84.9 Å². The van der Waals surface area contributed by atoms with Crippen molar-refractivity contribution >= 4 is 40.2 Å². The lowest BCUT2D eigenvalue weighted by Crippen LogP contribution is -2.15. The minimum absolute atomic E-state index is 0.659. The fourth-order valence-corrected chi connectivity index (χ4v) is 7.48. The van der Waals surface area contributed by atoms with Crippen molar-refractivity contribution in [2.75, 3.05) is 5.88 Å². The van der Waals surface area contributed by atoms with Gasteiger partial charge in [0.15, 0.2) is 7.14 Å². The van der Waals surface area contributed by atoms with Crippen LogP contribution in [0.5, 0.6) is 0 Å². The Morgan fingerprint density at radius 3 is 2.07 bits per heavy atom. The monoisotopic (exact) mass is 392 g/mol. The van der Waals surface area contributed by atoms with Crippen LogP contribution in [0.4, 0.5) is 0 Å². The number of halogens is 1. The highest BCUT2D eigenvalue weighted by atomic mass is 35.5. The Hall–Kier alpha value is -2.08. The molecule has 4 rings (SSSR count). The number of benzene rings is 3. The highest BCUT2D eigenvalue weighted by molar-refractivity contribution is 7.88. The Bertz CT molecular complexity index is 1010. The van der Waals surface area contributed by atoms with Gasteiger partial charge >= 0.3 is 0 Å². The second-order valence-corrected chi connectivity index (χ2v) is 9.84. The van der Waals surface area contributed by atoms with Crippen LogP contribution in [-0.2, 0) is 4.57 Å². The molecule has 0 saturated heterocycles. The van der Waals surface area contributed by atoms with Gasteiger partial charge in [0.2, 0.25) is 0 Å². The maximum Gasteiger partial charge on any atom is 0.172 e. The lowest BCUT2D eigenvalue weighted by Gasteiger charge is -2.19. The standard InChI is InChI=1S/C24H22ClOP/c25-18-10-9-16-22-21-15-7-8-17-23(21)27(26,20-13-5-2-6-14-20)24(22)19-11-3-1-4-12-19/h1-8,11-15,17H,9-10,16,18H2. The van der Waals surface area contributed by atoms with Crippen molar-refractivity contribution in [2.45, 2.75) is 19.3 Å². The zero-order valence-electron chi connectivity index (χ0n) is 15.1. The zero-order chi connectivity index (χ0) is 18.7. The molecule has 27 heavy (non-hydrogen) atoms. The Balaban J connectivity index is 1.99. The van der Waals surface area contributed by atoms with Gasteiger partial charge in [-0.05, 0) is 36.0 Å². The molecule has 3 aromatic carbocycles. The number of hydrogen-bond acceptors (Lipinski definition) is 1. The van der Waals surface area contributed by atoms with Crippen LogP contribution < -0.4 is 10.6 Å². The molecule has 3 aromatic rings. The van der Waals surface area contributed by atoms with E-state index in [2.05, 4.69) is 18.2 Å². The Morgan fingerprint density at radius 1 is 0.741 bits per heavy atom. The largest absolute Gasteiger partial charge is 0.309 e. The first-order chi connectivity index (χ1) is 13.3.